The van der Waals surface area contributed by atoms with E-state index in [0.717, 1.165) is 10.6 Å². The van der Waals surface area contributed by atoms with Gasteiger partial charge in [-0.05, 0) is 30.2 Å². The van der Waals surface area contributed by atoms with Crippen LogP contribution in [0.25, 0.3) is 0 Å². The molecule has 0 radical (unpaired) electrons. The van der Waals surface area contributed by atoms with E-state index in [-0.39, 0.29) is 18.2 Å². The molecule has 128 valence electrons. The molecule has 3 amide bonds. The Morgan fingerprint density at radius 1 is 1.12 bits per heavy atom. The topological polar surface area (TPSA) is 75.3 Å². The fourth-order valence-electron chi connectivity index (χ4n) is 2.54. The average molecular weight is 354 g/mol. The van der Waals surface area contributed by atoms with Crippen LogP contribution in [-0.4, -0.2) is 23.8 Å². The predicted octanol–water partition coefficient (Wildman–Crippen LogP) is 2.51. The highest BCUT2D eigenvalue weighted by atomic mass is 32.2. The number of amides is 3. The maximum absolute atomic E-state index is 12.4. The van der Waals surface area contributed by atoms with E-state index < -0.39 is 11.9 Å². The second-order valence-electron chi connectivity index (χ2n) is 5.78. The lowest BCUT2D eigenvalue weighted by molar-refractivity contribution is -0.134. The summed E-state index contributed by atoms with van der Waals surface area (Å²) in [5, 5.41) is 4.93. The number of benzene rings is 2. The van der Waals surface area contributed by atoms with Crippen molar-refractivity contribution in [1.29, 1.82) is 0 Å². The molecule has 1 saturated heterocycles. The molecule has 2 aromatic rings. The van der Waals surface area contributed by atoms with Crippen LogP contribution in [-0.2, 0) is 15.3 Å². The van der Waals surface area contributed by atoms with Gasteiger partial charge in [0, 0.05) is 22.6 Å². The summed E-state index contributed by atoms with van der Waals surface area (Å²) in [5.41, 5.74) is 1.72. The molecule has 2 aromatic carbocycles. The molecule has 1 aliphatic heterocycles. The zero-order valence-corrected chi connectivity index (χ0v) is 14.3. The van der Waals surface area contributed by atoms with Gasteiger partial charge in [0.1, 0.15) is 6.04 Å². The minimum atomic E-state index is -0.661. The molecule has 1 heterocycles. The Balaban J connectivity index is 1.61. The van der Waals surface area contributed by atoms with Crippen molar-refractivity contribution in [2.45, 2.75) is 29.5 Å². The highest BCUT2D eigenvalue weighted by Crippen LogP contribution is 2.23. The molecule has 0 spiro atoms. The molecule has 0 aliphatic carbocycles. The van der Waals surface area contributed by atoms with Gasteiger partial charge in [0.15, 0.2) is 0 Å². The van der Waals surface area contributed by atoms with Crippen molar-refractivity contribution in [2.75, 3.05) is 0 Å². The van der Waals surface area contributed by atoms with Gasteiger partial charge in [-0.1, -0.05) is 36.4 Å². The normalized spacial score (nSPS) is 17.0. The SMILES string of the molecule is O=C1CCC(NC(=O)c2cccc(SCc3ccccc3)c2)C(=O)N1. The number of thioether (sulfide) groups is 1. The van der Waals surface area contributed by atoms with Crippen molar-refractivity contribution >= 4 is 29.5 Å². The van der Waals surface area contributed by atoms with Gasteiger partial charge < -0.3 is 5.32 Å². The van der Waals surface area contributed by atoms with E-state index in [4.69, 9.17) is 0 Å². The van der Waals surface area contributed by atoms with Crippen molar-refractivity contribution in [3.63, 3.8) is 0 Å². The summed E-state index contributed by atoms with van der Waals surface area (Å²) >= 11 is 1.65. The lowest BCUT2D eigenvalue weighted by Crippen LogP contribution is -2.52. The third-order valence-corrected chi connectivity index (χ3v) is 4.95. The monoisotopic (exact) mass is 354 g/mol. The smallest absolute Gasteiger partial charge is 0.251 e. The minimum Gasteiger partial charge on any atom is -0.340 e. The van der Waals surface area contributed by atoms with Gasteiger partial charge in [0.25, 0.3) is 5.91 Å². The summed E-state index contributed by atoms with van der Waals surface area (Å²) in [6.07, 6.45) is 0.572. The number of carbonyl (C=O) groups excluding carboxylic acids is 3. The molecule has 0 saturated carbocycles. The molecular formula is C19H18N2O3S. The van der Waals surface area contributed by atoms with Crippen LogP contribution in [0.2, 0.25) is 0 Å². The van der Waals surface area contributed by atoms with Crippen LogP contribution in [0.1, 0.15) is 28.8 Å². The van der Waals surface area contributed by atoms with E-state index in [9.17, 15) is 14.4 Å². The molecule has 2 N–H and O–H groups in total. The molecule has 1 unspecified atom stereocenters. The maximum Gasteiger partial charge on any atom is 0.251 e. The second-order valence-corrected chi connectivity index (χ2v) is 6.83. The molecule has 25 heavy (non-hydrogen) atoms. The predicted molar refractivity (Wildman–Crippen MR) is 96.1 cm³/mol. The second kappa shape index (κ2) is 7.98. The van der Waals surface area contributed by atoms with Crippen LogP contribution in [0, 0.1) is 0 Å². The summed E-state index contributed by atoms with van der Waals surface area (Å²) in [6.45, 7) is 0. The van der Waals surface area contributed by atoms with E-state index in [0.29, 0.717) is 12.0 Å². The molecule has 1 atom stereocenters. The third-order valence-electron chi connectivity index (χ3n) is 3.89. The fraction of sp³-hybridized carbons (Fsp3) is 0.211. The summed E-state index contributed by atoms with van der Waals surface area (Å²) < 4.78 is 0. The Labute approximate surface area is 150 Å². The van der Waals surface area contributed by atoms with Gasteiger partial charge in [-0.15, -0.1) is 11.8 Å². The highest BCUT2D eigenvalue weighted by molar-refractivity contribution is 7.98. The van der Waals surface area contributed by atoms with Crippen LogP contribution >= 0.6 is 11.8 Å². The van der Waals surface area contributed by atoms with E-state index in [1.54, 1.807) is 17.8 Å². The largest absolute Gasteiger partial charge is 0.340 e. The summed E-state index contributed by atoms with van der Waals surface area (Å²) in [4.78, 5) is 36.3. The van der Waals surface area contributed by atoms with Crippen LogP contribution in [0.15, 0.2) is 59.5 Å². The Morgan fingerprint density at radius 2 is 1.92 bits per heavy atom. The number of rotatable bonds is 5. The first-order chi connectivity index (χ1) is 12.1. The minimum absolute atomic E-state index is 0.240. The van der Waals surface area contributed by atoms with Gasteiger partial charge in [0.2, 0.25) is 11.8 Å². The average Bonchev–Trinajstić information content (AvgIpc) is 2.63. The molecule has 6 heteroatoms. The fourth-order valence-corrected chi connectivity index (χ4v) is 3.45. The molecule has 5 nitrogen and oxygen atoms in total. The van der Waals surface area contributed by atoms with Crippen molar-refractivity contribution in [3.05, 3.63) is 65.7 Å². The summed E-state index contributed by atoms with van der Waals surface area (Å²) in [7, 11) is 0. The number of nitrogens with one attached hydrogen (secondary N) is 2. The maximum atomic E-state index is 12.4. The molecule has 1 aliphatic rings. The van der Waals surface area contributed by atoms with Gasteiger partial charge in [0.05, 0.1) is 0 Å². The van der Waals surface area contributed by atoms with Gasteiger partial charge >= 0.3 is 0 Å². The number of piperidine rings is 1. The third kappa shape index (κ3) is 4.70. The highest BCUT2D eigenvalue weighted by Gasteiger charge is 2.28. The number of hydrogen-bond donors (Lipinski definition) is 2. The van der Waals surface area contributed by atoms with Crippen LogP contribution < -0.4 is 10.6 Å². The first kappa shape index (κ1) is 17.2. The van der Waals surface area contributed by atoms with Crippen molar-refractivity contribution in [3.8, 4) is 0 Å². The van der Waals surface area contributed by atoms with E-state index in [2.05, 4.69) is 22.8 Å². The van der Waals surface area contributed by atoms with Gasteiger partial charge in [-0.25, -0.2) is 0 Å². The van der Waals surface area contributed by atoms with Crippen LogP contribution in [0.4, 0.5) is 0 Å². The van der Waals surface area contributed by atoms with E-state index >= 15 is 0 Å². The molecule has 1 fully saturated rings. The zero-order chi connectivity index (χ0) is 17.6. The Kier molecular flexibility index (Phi) is 5.50. The van der Waals surface area contributed by atoms with Crippen molar-refractivity contribution in [1.82, 2.24) is 10.6 Å². The van der Waals surface area contributed by atoms with E-state index in [1.807, 2.05) is 36.4 Å². The van der Waals surface area contributed by atoms with Gasteiger partial charge in [-0.3, -0.25) is 19.7 Å². The first-order valence-electron chi connectivity index (χ1n) is 8.03. The number of carbonyl (C=O) groups is 3. The summed E-state index contributed by atoms with van der Waals surface area (Å²) in [6, 6.07) is 16.8. The zero-order valence-electron chi connectivity index (χ0n) is 13.5. The number of hydrogen-bond acceptors (Lipinski definition) is 4. The Bertz CT molecular complexity index is 792. The van der Waals surface area contributed by atoms with Crippen molar-refractivity contribution in [2.24, 2.45) is 0 Å². The van der Waals surface area contributed by atoms with Crippen molar-refractivity contribution < 1.29 is 14.4 Å². The molecular weight excluding hydrogens is 336 g/mol. The molecule has 0 bridgehead atoms. The van der Waals surface area contributed by atoms with Crippen LogP contribution in [0.3, 0.4) is 0 Å². The lowest BCUT2D eigenvalue weighted by Gasteiger charge is -2.21. The van der Waals surface area contributed by atoms with Gasteiger partial charge in [-0.2, -0.15) is 0 Å². The summed E-state index contributed by atoms with van der Waals surface area (Å²) in [5.74, 6) is -0.232. The molecule has 3 rings (SSSR count). The lowest BCUT2D eigenvalue weighted by atomic mass is 10.1. The molecule has 0 aromatic heterocycles. The quantitative estimate of drug-likeness (QED) is 0.639. The Morgan fingerprint density at radius 3 is 2.68 bits per heavy atom. The first-order valence-corrected chi connectivity index (χ1v) is 9.02. The van der Waals surface area contributed by atoms with E-state index in [1.165, 1.54) is 5.56 Å². The van der Waals surface area contributed by atoms with Crippen LogP contribution in [0.5, 0.6) is 0 Å². The standard InChI is InChI=1S/C19H18N2O3S/c22-17-10-9-16(19(24)21-17)20-18(23)14-7-4-8-15(11-14)25-12-13-5-2-1-3-6-13/h1-8,11,16H,9-10,12H2,(H,20,23)(H,21,22,24). The number of imide groups is 1. The Hall–Kier alpha value is -2.60.